The third-order valence-corrected chi connectivity index (χ3v) is 3.19. The highest BCUT2D eigenvalue weighted by Crippen LogP contribution is 2.27. The van der Waals surface area contributed by atoms with Crippen molar-refractivity contribution < 1.29 is 9.53 Å². The summed E-state index contributed by atoms with van der Waals surface area (Å²) in [6, 6.07) is 0. The quantitative estimate of drug-likeness (QED) is 0.671. The number of nitrogens with two attached hydrogens (primary N) is 1. The Morgan fingerprint density at radius 2 is 2.06 bits per heavy atom. The molecule has 94 valence electrons. The minimum atomic E-state index is -0.162. The molecule has 1 saturated carbocycles. The molecule has 4 nitrogen and oxygen atoms in total. The average molecular weight is 228 g/mol. The third-order valence-electron chi connectivity index (χ3n) is 3.19. The number of hydrogen-bond acceptors (Lipinski definition) is 3. The predicted octanol–water partition coefficient (Wildman–Crippen LogP) is 1.19. The van der Waals surface area contributed by atoms with Crippen LogP contribution in [0.2, 0.25) is 0 Å². The molecule has 4 heteroatoms. The zero-order valence-corrected chi connectivity index (χ0v) is 10.3. The van der Waals surface area contributed by atoms with Crippen LogP contribution in [0.15, 0.2) is 0 Å². The summed E-state index contributed by atoms with van der Waals surface area (Å²) in [4.78, 5) is 11.7. The molecule has 0 saturated heterocycles. The molecule has 1 amide bonds. The van der Waals surface area contributed by atoms with Gasteiger partial charge in [-0.2, -0.15) is 0 Å². The zero-order chi connectivity index (χ0) is 11.9. The minimum Gasteiger partial charge on any atom is -0.372 e. The monoisotopic (exact) mass is 228 g/mol. The van der Waals surface area contributed by atoms with Crippen molar-refractivity contribution in [3.63, 3.8) is 0 Å². The summed E-state index contributed by atoms with van der Waals surface area (Å²) in [5.41, 5.74) is 5.62. The van der Waals surface area contributed by atoms with E-state index in [1.165, 1.54) is 6.42 Å². The van der Waals surface area contributed by atoms with Gasteiger partial charge in [0, 0.05) is 13.2 Å². The van der Waals surface area contributed by atoms with E-state index in [-0.39, 0.29) is 18.1 Å². The highest BCUT2D eigenvalue weighted by atomic mass is 16.5. The van der Waals surface area contributed by atoms with Gasteiger partial charge < -0.3 is 15.8 Å². The molecule has 1 fully saturated rings. The Balaban J connectivity index is 2.33. The lowest BCUT2D eigenvalue weighted by molar-refractivity contribution is -0.128. The van der Waals surface area contributed by atoms with Gasteiger partial charge >= 0.3 is 0 Å². The first-order chi connectivity index (χ1) is 7.72. The SMILES string of the molecule is CCCOCC(=O)NC1(CN)CCCCC1. The summed E-state index contributed by atoms with van der Waals surface area (Å²) in [5.74, 6) is -0.0270. The highest BCUT2D eigenvalue weighted by molar-refractivity contribution is 5.78. The van der Waals surface area contributed by atoms with Gasteiger partial charge in [-0.1, -0.05) is 26.2 Å². The normalized spacial score (nSPS) is 19.4. The summed E-state index contributed by atoms with van der Waals surface area (Å²) in [7, 11) is 0. The molecule has 0 radical (unpaired) electrons. The number of hydrogen-bond donors (Lipinski definition) is 2. The Morgan fingerprint density at radius 3 is 2.62 bits per heavy atom. The Hall–Kier alpha value is -0.610. The van der Waals surface area contributed by atoms with Crippen LogP contribution in [0.4, 0.5) is 0 Å². The number of rotatable bonds is 6. The third kappa shape index (κ3) is 4.10. The first kappa shape index (κ1) is 13.5. The second-order valence-electron chi connectivity index (χ2n) is 4.65. The summed E-state index contributed by atoms with van der Waals surface area (Å²) in [5, 5.41) is 3.05. The fourth-order valence-corrected chi connectivity index (χ4v) is 2.25. The van der Waals surface area contributed by atoms with Gasteiger partial charge in [-0.15, -0.1) is 0 Å². The van der Waals surface area contributed by atoms with Crippen LogP contribution < -0.4 is 11.1 Å². The van der Waals surface area contributed by atoms with E-state index in [1.54, 1.807) is 0 Å². The highest BCUT2D eigenvalue weighted by Gasteiger charge is 2.31. The second-order valence-corrected chi connectivity index (χ2v) is 4.65. The molecule has 0 spiro atoms. The van der Waals surface area contributed by atoms with E-state index in [0.29, 0.717) is 13.2 Å². The first-order valence-corrected chi connectivity index (χ1v) is 6.31. The number of amides is 1. The summed E-state index contributed by atoms with van der Waals surface area (Å²) >= 11 is 0. The molecule has 0 aromatic carbocycles. The van der Waals surface area contributed by atoms with E-state index >= 15 is 0 Å². The molecule has 0 unspecified atom stereocenters. The number of nitrogens with one attached hydrogen (secondary N) is 1. The van der Waals surface area contributed by atoms with Crippen LogP contribution in [0.3, 0.4) is 0 Å². The smallest absolute Gasteiger partial charge is 0.246 e. The maximum Gasteiger partial charge on any atom is 0.246 e. The van der Waals surface area contributed by atoms with Crippen molar-refractivity contribution in [2.45, 2.75) is 51.0 Å². The van der Waals surface area contributed by atoms with Crippen molar-refractivity contribution in [2.75, 3.05) is 19.8 Å². The molecular formula is C12H24N2O2. The van der Waals surface area contributed by atoms with E-state index < -0.39 is 0 Å². The lowest BCUT2D eigenvalue weighted by Gasteiger charge is -2.37. The largest absolute Gasteiger partial charge is 0.372 e. The number of carbonyl (C=O) groups is 1. The summed E-state index contributed by atoms with van der Waals surface area (Å²) in [6.45, 7) is 3.37. The fourth-order valence-electron chi connectivity index (χ4n) is 2.25. The molecular weight excluding hydrogens is 204 g/mol. The van der Waals surface area contributed by atoms with Crippen LogP contribution in [0.25, 0.3) is 0 Å². The maximum absolute atomic E-state index is 11.7. The van der Waals surface area contributed by atoms with Crippen molar-refractivity contribution in [3.05, 3.63) is 0 Å². The van der Waals surface area contributed by atoms with Crippen LogP contribution >= 0.6 is 0 Å². The first-order valence-electron chi connectivity index (χ1n) is 6.31. The number of ether oxygens (including phenoxy) is 1. The molecule has 0 aromatic heterocycles. The summed E-state index contributed by atoms with van der Waals surface area (Å²) < 4.78 is 5.22. The van der Waals surface area contributed by atoms with E-state index in [0.717, 1.165) is 32.1 Å². The van der Waals surface area contributed by atoms with Crippen LogP contribution in [0.1, 0.15) is 45.4 Å². The van der Waals surface area contributed by atoms with Crippen LogP contribution in [-0.4, -0.2) is 31.2 Å². The molecule has 0 aromatic rings. The minimum absolute atomic E-state index is 0.0270. The number of carbonyl (C=O) groups excluding carboxylic acids is 1. The van der Waals surface area contributed by atoms with Gasteiger partial charge in [0.1, 0.15) is 6.61 Å². The zero-order valence-electron chi connectivity index (χ0n) is 10.3. The summed E-state index contributed by atoms with van der Waals surface area (Å²) in [6.07, 6.45) is 6.52. The maximum atomic E-state index is 11.7. The lowest BCUT2D eigenvalue weighted by Crippen LogP contribution is -2.55. The van der Waals surface area contributed by atoms with E-state index in [2.05, 4.69) is 5.32 Å². The molecule has 1 aliphatic carbocycles. The van der Waals surface area contributed by atoms with Gasteiger partial charge in [0.15, 0.2) is 0 Å². The topological polar surface area (TPSA) is 64.3 Å². The van der Waals surface area contributed by atoms with Gasteiger partial charge in [0.05, 0.1) is 5.54 Å². The van der Waals surface area contributed by atoms with Crippen LogP contribution in [0.5, 0.6) is 0 Å². The van der Waals surface area contributed by atoms with Crippen molar-refractivity contribution in [1.82, 2.24) is 5.32 Å². The molecule has 1 rings (SSSR count). The molecule has 0 aliphatic heterocycles. The van der Waals surface area contributed by atoms with Crippen molar-refractivity contribution in [2.24, 2.45) is 5.73 Å². The molecule has 0 atom stereocenters. The van der Waals surface area contributed by atoms with Crippen molar-refractivity contribution in [1.29, 1.82) is 0 Å². The molecule has 16 heavy (non-hydrogen) atoms. The van der Waals surface area contributed by atoms with Gasteiger partial charge in [-0.05, 0) is 19.3 Å². The Bertz CT molecular complexity index is 213. The Labute approximate surface area is 97.9 Å². The van der Waals surface area contributed by atoms with E-state index in [4.69, 9.17) is 10.5 Å². The predicted molar refractivity (Wildman–Crippen MR) is 64.1 cm³/mol. The average Bonchev–Trinajstić information content (AvgIpc) is 2.30. The Kier molecular flexibility index (Phi) is 5.77. The van der Waals surface area contributed by atoms with Crippen LogP contribution in [-0.2, 0) is 9.53 Å². The van der Waals surface area contributed by atoms with Gasteiger partial charge in [-0.3, -0.25) is 4.79 Å². The van der Waals surface area contributed by atoms with Gasteiger partial charge in [-0.25, -0.2) is 0 Å². The standard InChI is InChI=1S/C12H24N2O2/c1-2-8-16-9-11(15)14-12(10-13)6-4-3-5-7-12/h2-10,13H2,1H3,(H,14,15). The van der Waals surface area contributed by atoms with Crippen LogP contribution in [0, 0.1) is 0 Å². The van der Waals surface area contributed by atoms with Crippen molar-refractivity contribution in [3.8, 4) is 0 Å². The second kappa shape index (κ2) is 6.86. The van der Waals surface area contributed by atoms with Gasteiger partial charge in [0.25, 0.3) is 0 Å². The molecule has 1 aliphatic rings. The van der Waals surface area contributed by atoms with E-state index in [9.17, 15) is 4.79 Å². The molecule has 0 heterocycles. The molecule has 3 N–H and O–H groups in total. The Morgan fingerprint density at radius 1 is 1.38 bits per heavy atom. The lowest BCUT2D eigenvalue weighted by atomic mass is 9.81. The van der Waals surface area contributed by atoms with E-state index in [1.807, 2.05) is 6.92 Å². The molecule has 0 bridgehead atoms. The van der Waals surface area contributed by atoms with Gasteiger partial charge in [0.2, 0.25) is 5.91 Å². The fraction of sp³-hybridized carbons (Fsp3) is 0.917. The van der Waals surface area contributed by atoms with Crippen molar-refractivity contribution >= 4 is 5.91 Å².